The van der Waals surface area contributed by atoms with Crippen LogP contribution in [0.5, 0.6) is 0 Å². The Morgan fingerprint density at radius 2 is 1.62 bits per heavy atom. The van der Waals surface area contributed by atoms with E-state index < -0.39 is 0 Å². The van der Waals surface area contributed by atoms with Gasteiger partial charge in [-0.15, -0.1) is 0 Å². The molecule has 1 aliphatic carbocycles. The molecule has 2 N–H and O–H groups in total. The minimum absolute atomic E-state index is 0.0599. The van der Waals surface area contributed by atoms with Crippen LogP contribution in [0.3, 0.4) is 0 Å². The molecule has 4 nitrogen and oxygen atoms in total. The summed E-state index contributed by atoms with van der Waals surface area (Å²) in [5, 5.41) is 6.30. The molecule has 1 aliphatic rings. The smallest absolute Gasteiger partial charge is 0.226 e. The fourth-order valence-electron chi connectivity index (χ4n) is 5.31. The molecule has 1 saturated carbocycles. The summed E-state index contributed by atoms with van der Waals surface area (Å²) in [5.41, 5.74) is 0.942. The van der Waals surface area contributed by atoms with Crippen molar-refractivity contribution in [3.05, 3.63) is 35.9 Å². The zero-order valence-electron chi connectivity index (χ0n) is 21.1. The Hall–Kier alpha value is -1.84. The molecule has 0 heterocycles. The first-order valence-electron chi connectivity index (χ1n) is 12.9. The number of benzene rings is 1. The maximum Gasteiger partial charge on any atom is 0.226 e. The van der Waals surface area contributed by atoms with Crippen molar-refractivity contribution < 1.29 is 9.59 Å². The number of carbonyl (C=O) groups excluding carboxylic acids is 2. The lowest BCUT2D eigenvalue weighted by molar-refractivity contribution is -0.132. The molecule has 1 aromatic carbocycles. The van der Waals surface area contributed by atoms with Crippen LogP contribution in [-0.4, -0.2) is 18.4 Å². The highest BCUT2D eigenvalue weighted by molar-refractivity contribution is 5.82. The molecule has 32 heavy (non-hydrogen) atoms. The molecular weight excluding hydrogens is 396 g/mol. The van der Waals surface area contributed by atoms with Gasteiger partial charge in [-0.1, -0.05) is 83.7 Å². The monoisotopic (exact) mass is 442 g/mol. The molecule has 1 fully saturated rings. The Labute approximate surface area is 196 Å². The van der Waals surface area contributed by atoms with Crippen LogP contribution in [0.4, 0.5) is 0 Å². The third kappa shape index (κ3) is 7.64. The Bertz CT molecular complexity index is 703. The number of amides is 2. The summed E-state index contributed by atoms with van der Waals surface area (Å²) >= 11 is 0. The van der Waals surface area contributed by atoms with Crippen LogP contribution in [-0.2, 0) is 9.59 Å². The van der Waals surface area contributed by atoms with Crippen LogP contribution in [0.2, 0.25) is 0 Å². The van der Waals surface area contributed by atoms with Gasteiger partial charge in [0.25, 0.3) is 0 Å². The molecule has 2 amide bonds. The van der Waals surface area contributed by atoms with E-state index in [-0.39, 0.29) is 23.3 Å². The van der Waals surface area contributed by atoms with E-state index in [9.17, 15) is 9.59 Å². The summed E-state index contributed by atoms with van der Waals surface area (Å²) in [5.74, 6) is 2.16. The summed E-state index contributed by atoms with van der Waals surface area (Å²) in [6.45, 7) is 11.8. The predicted octanol–water partition coefficient (Wildman–Crippen LogP) is 6.42. The molecule has 180 valence electrons. The molecular formula is C28H46N2O2. The largest absolute Gasteiger partial charge is 0.356 e. The first kappa shape index (κ1) is 26.4. The van der Waals surface area contributed by atoms with Gasteiger partial charge < -0.3 is 10.6 Å². The molecule has 0 aromatic heterocycles. The van der Waals surface area contributed by atoms with E-state index in [2.05, 4.69) is 38.3 Å². The van der Waals surface area contributed by atoms with Gasteiger partial charge in [0.2, 0.25) is 11.8 Å². The fraction of sp³-hybridized carbons (Fsp3) is 0.714. The van der Waals surface area contributed by atoms with Crippen LogP contribution in [0, 0.1) is 23.2 Å². The van der Waals surface area contributed by atoms with Gasteiger partial charge >= 0.3 is 0 Å². The molecule has 2 unspecified atom stereocenters. The summed E-state index contributed by atoms with van der Waals surface area (Å²) < 4.78 is 0. The SMILES string of the molecule is CC(NC(=O)CCCCCCCCNC(=O)[C@]1(C)CC[C@@H](C(C)C)C1C)c1ccccc1. The lowest BCUT2D eigenvalue weighted by atomic mass is 9.75. The van der Waals surface area contributed by atoms with Crippen molar-refractivity contribution in [2.45, 2.75) is 98.4 Å². The Balaban J connectivity index is 1.49. The molecule has 0 radical (unpaired) electrons. The first-order chi connectivity index (χ1) is 15.3. The van der Waals surface area contributed by atoms with E-state index in [0.717, 1.165) is 50.6 Å². The number of carbonyl (C=O) groups is 2. The van der Waals surface area contributed by atoms with E-state index in [1.165, 1.54) is 12.8 Å². The molecule has 4 atom stereocenters. The number of hydrogen-bond donors (Lipinski definition) is 2. The Kier molecular flexibility index (Phi) is 10.7. The molecule has 1 aromatic rings. The summed E-state index contributed by atoms with van der Waals surface area (Å²) in [4.78, 5) is 24.9. The van der Waals surface area contributed by atoms with Gasteiger partial charge in [0.1, 0.15) is 0 Å². The third-order valence-corrected chi connectivity index (χ3v) is 7.81. The van der Waals surface area contributed by atoms with Crippen LogP contribution in [0.15, 0.2) is 30.3 Å². The average Bonchev–Trinajstić information content (AvgIpc) is 3.08. The van der Waals surface area contributed by atoms with E-state index in [1.54, 1.807) is 0 Å². The molecule has 0 spiro atoms. The van der Waals surface area contributed by atoms with Crippen LogP contribution in [0.25, 0.3) is 0 Å². The molecule has 4 heteroatoms. The fourth-order valence-corrected chi connectivity index (χ4v) is 5.31. The van der Waals surface area contributed by atoms with Crippen molar-refractivity contribution in [2.75, 3.05) is 6.54 Å². The highest BCUT2D eigenvalue weighted by atomic mass is 16.2. The average molecular weight is 443 g/mol. The number of rotatable bonds is 13. The minimum atomic E-state index is -0.201. The van der Waals surface area contributed by atoms with E-state index in [0.29, 0.717) is 24.2 Å². The minimum Gasteiger partial charge on any atom is -0.356 e. The third-order valence-electron chi connectivity index (χ3n) is 7.81. The van der Waals surface area contributed by atoms with E-state index in [4.69, 9.17) is 0 Å². The highest BCUT2D eigenvalue weighted by Crippen LogP contribution is 2.49. The zero-order chi connectivity index (χ0) is 23.6. The van der Waals surface area contributed by atoms with Crippen LogP contribution < -0.4 is 10.6 Å². The van der Waals surface area contributed by atoms with Gasteiger partial charge in [0.05, 0.1) is 6.04 Å². The van der Waals surface area contributed by atoms with Gasteiger partial charge in [-0.3, -0.25) is 9.59 Å². The summed E-state index contributed by atoms with van der Waals surface area (Å²) in [6, 6.07) is 10.1. The molecule has 0 saturated heterocycles. The second-order valence-corrected chi connectivity index (χ2v) is 10.5. The van der Waals surface area contributed by atoms with E-state index >= 15 is 0 Å². The zero-order valence-corrected chi connectivity index (χ0v) is 21.1. The van der Waals surface area contributed by atoms with Crippen molar-refractivity contribution >= 4 is 11.8 Å². The van der Waals surface area contributed by atoms with Crippen LogP contribution in [0.1, 0.15) is 104 Å². The van der Waals surface area contributed by atoms with Gasteiger partial charge in [0.15, 0.2) is 0 Å². The normalized spacial score (nSPS) is 23.8. The molecule has 0 aliphatic heterocycles. The summed E-state index contributed by atoms with van der Waals surface area (Å²) in [6.07, 6.45) is 9.31. The number of unbranched alkanes of at least 4 members (excludes halogenated alkanes) is 5. The highest BCUT2D eigenvalue weighted by Gasteiger charge is 2.47. The lowest BCUT2D eigenvalue weighted by Gasteiger charge is -2.31. The van der Waals surface area contributed by atoms with Crippen molar-refractivity contribution in [3.63, 3.8) is 0 Å². The van der Waals surface area contributed by atoms with Gasteiger partial charge in [-0.2, -0.15) is 0 Å². The second kappa shape index (κ2) is 13.0. The maximum absolute atomic E-state index is 12.8. The Morgan fingerprint density at radius 1 is 1.00 bits per heavy atom. The quantitative estimate of drug-likeness (QED) is 0.346. The molecule has 0 bridgehead atoms. The predicted molar refractivity (Wildman–Crippen MR) is 133 cm³/mol. The second-order valence-electron chi connectivity index (χ2n) is 10.5. The molecule has 2 rings (SSSR count). The van der Waals surface area contributed by atoms with Crippen molar-refractivity contribution in [1.82, 2.24) is 10.6 Å². The van der Waals surface area contributed by atoms with Gasteiger partial charge in [-0.25, -0.2) is 0 Å². The van der Waals surface area contributed by atoms with Crippen LogP contribution >= 0.6 is 0 Å². The summed E-state index contributed by atoms with van der Waals surface area (Å²) in [7, 11) is 0. The lowest BCUT2D eigenvalue weighted by Crippen LogP contribution is -2.42. The standard InChI is InChI=1S/C28H46N2O2/c1-21(2)25-18-19-28(5,22(25)3)27(32)29-20-14-9-7-6-8-13-17-26(31)30-23(4)24-15-11-10-12-16-24/h10-12,15-16,21-23,25H,6-9,13-14,17-20H2,1-5H3,(H,29,32)(H,30,31)/t22?,23?,25-,28+/m0/s1. The first-order valence-corrected chi connectivity index (χ1v) is 12.9. The number of hydrogen-bond acceptors (Lipinski definition) is 2. The van der Waals surface area contributed by atoms with Crippen molar-refractivity contribution in [1.29, 1.82) is 0 Å². The topological polar surface area (TPSA) is 58.2 Å². The van der Waals surface area contributed by atoms with Crippen molar-refractivity contribution in [3.8, 4) is 0 Å². The van der Waals surface area contributed by atoms with Crippen molar-refractivity contribution in [2.24, 2.45) is 23.2 Å². The van der Waals surface area contributed by atoms with Gasteiger partial charge in [-0.05, 0) is 55.9 Å². The van der Waals surface area contributed by atoms with Gasteiger partial charge in [0, 0.05) is 18.4 Å². The maximum atomic E-state index is 12.8. The Morgan fingerprint density at radius 3 is 2.25 bits per heavy atom. The van der Waals surface area contributed by atoms with E-state index in [1.807, 2.05) is 37.3 Å². The number of nitrogens with one attached hydrogen (secondary N) is 2.